The SMILES string of the molecule is Cc1ccn2c(C(=O)O)c(-c3cccnc3)nc2c1. The fourth-order valence-corrected chi connectivity index (χ4v) is 2.06. The molecule has 0 saturated heterocycles. The van der Waals surface area contributed by atoms with Gasteiger partial charge in [0.25, 0.3) is 0 Å². The Hall–Kier alpha value is -2.69. The lowest BCUT2D eigenvalue weighted by molar-refractivity contribution is 0.0690. The number of carbonyl (C=O) groups is 1. The maximum atomic E-state index is 11.5. The number of pyridine rings is 2. The summed E-state index contributed by atoms with van der Waals surface area (Å²) >= 11 is 0. The number of fused-ring (bicyclic) bond motifs is 1. The second kappa shape index (κ2) is 4.20. The van der Waals surface area contributed by atoms with E-state index in [1.54, 1.807) is 35.1 Å². The number of hydrogen-bond donors (Lipinski definition) is 1. The minimum atomic E-state index is -1.00. The summed E-state index contributed by atoms with van der Waals surface area (Å²) in [5.41, 5.74) is 2.94. The van der Waals surface area contributed by atoms with Crippen LogP contribution in [-0.4, -0.2) is 25.4 Å². The molecule has 0 aliphatic rings. The van der Waals surface area contributed by atoms with Crippen LogP contribution in [0.25, 0.3) is 16.9 Å². The Kier molecular flexibility index (Phi) is 2.52. The number of nitrogens with zero attached hydrogens (tertiary/aromatic N) is 3. The summed E-state index contributed by atoms with van der Waals surface area (Å²) in [5, 5.41) is 9.40. The van der Waals surface area contributed by atoms with Crippen molar-refractivity contribution in [2.24, 2.45) is 0 Å². The molecule has 94 valence electrons. The van der Waals surface area contributed by atoms with Gasteiger partial charge in [0.2, 0.25) is 0 Å². The fraction of sp³-hybridized carbons (Fsp3) is 0.0714. The van der Waals surface area contributed by atoms with E-state index in [4.69, 9.17) is 0 Å². The monoisotopic (exact) mass is 253 g/mol. The quantitative estimate of drug-likeness (QED) is 0.761. The molecule has 1 N–H and O–H groups in total. The molecule has 0 aromatic carbocycles. The third-order valence-electron chi connectivity index (χ3n) is 2.92. The first kappa shape index (κ1) is 11.4. The second-order valence-corrected chi connectivity index (χ2v) is 4.29. The number of imidazole rings is 1. The van der Waals surface area contributed by atoms with E-state index in [9.17, 15) is 9.90 Å². The van der Waals surface area contributed by atoms with Crippen molar-refractivity contribution < 1.29 is 9.90 Å². The van der Waals surface area contributed by atoms with Crippen LogP contribution in [0.15, 0.2) is 42.9 Å². The molecule has 3 rings (SSSR count). The highest BCUT2D eigenvalue weighted by Gasteiger charge is 2.19. The van der Waals surface area contributed by atoms with Crippen LogP contribution in [0.3, 0.4) is 0 Å². The molecule has 0 spiro atoms. The van der Waals surface area contributed by atoms with Gasteiger partial charge in [-0.25, -0.2) is 9.78 Å². The number of carboxylic acids is 1. The summed E-state index contributed by atoms with van der Waals surface area (Å²) in [6, 6.07) is 7.27. The van der Waals surface area contributed by atoms with Gasteiger partial charge in [-0.2, -0.15) is 0 Å². The van der Waals surface area contributed by atoms with E-state index in [1.807, 2.05) is 19.1 Å². The Morgan fingerprint density at radius 3 is 2.89 bits per heavy atom. The fourth-order valence-electron chi connectivity index (χ4n) is 2.06. The molecule has 0 radical (unpaired) electrons. The van der Waals surface area contributed by atoms with Gasteiger partial charge < -0.3 is 5.11 Å². The smallest absolute Gasteiger partial charge is 0.355 e. The van der Waals surface area contributed by atoms with E-state index in [2.05, 4.69) is 9.97 Å². The summed E-state index contributed by atoms with van der Waals surface area (Å²) in [7, 11) is 0. The highest BCUT2D eigenvalue weighted by molar-refractivity contribution is 5.94. The van der Waals surface area contributed by atoms with Gasteiger partial charge in [-0.05, 0) is 36.8 Å². The van der Waals surface area contributed by atoms with Crippen molar-refractivity contribution in [1.82, 2.24) is 14.4 Å². The molecule has 0 aliphatic carbocycles. The van der Waals surface area contributed by atoms with Gasteiger partial charge in [-0.15, -0.1) is 0 Å². The molecule has 3 aromatic heterocycles. The van der Waals surface area contributed by atoms with Gasteiger partial charge in [0, 0.05) is 24.2 Å². The van der Waals surface area contributed by atoms with Crippen LogP contribution < -0.4 is 0 Å². The molecule has 5 heteroatoms. The first-order valence-corrected chi connectivity index (χ1v) is 5.79. The lowest BCUT2D eigenvalue weighted by Crippen LogP contribution is -2.03. The minimum Gasteiger partial charge on any atom is -0.476 e. The maximum Gasteiger partial charge on any atom is 0.355 e. The van der Waals surface area contributed by atoms with Crippen molar-refractivity contribution in [3.05, 3.63) is 54.1 Å². The largest absolute Gasteiger partial charge is 0.476 e. The van der Waals surface area contributed by atoms with Gasteiger partial charge in [0.1, 0.15) is 11.3 Å². The molecule has 0 unspecified atom stereocenters. The number of aryl methyl sites for hydroxylation is 1. The molecule has 3 aromatic rings. The summed E-state index contributed by atoms with van der Waals surface area (Å²) in [6.45, 7) is 1.94. The van der Waals surface area contributed by atoms with Crippen LogP contribution in [0, 0.1) is 6.92 Å². The minimum absolute atomic E-state index is 0.156. The number of aromatic carboxylic acids is 1. The predicted octanol–water partition coefficient (Wildman–Crippen LogP) is 2.40. The van der Waals surface area contributed by atoms with Crippen LogP contribution in [-0.2, 0) is 0 Å². The van der Waals surface area contributed by atoms with Crippen molar-refractivity contribution in [2.45, 2.75) is 6.92 Å². The first-order valence-electron chi connectivity index (χ1n) is 5.79. The highest BCUT2D eigenvalue weighted by atomic mass is 16.4. The van der Waals surface area contributed by atoms with Crippen LogP contribution in [0.5, 0.6) is 0 Å². The van der Waals surface area contributed by atoms with Crippen molar-refractivity contribution in [2.75, 3.05) is 0 Å². The Morgan fingerprint density at radius 2 is 2.21 bits per heavy atom. The molecule has 5 nitrogen and oxygen atoms in total. The average Bonchev–Trinajstić information content (AvgIpc) is 2.78. The number of hydrogen-bond acceptors (Lipinski definition) is 3. The van der Waals surface area contributed by atoms with Gasteiger partial charge in [0.05, 0.1) is 0 Å². The van der Waals surface area contributed by atoms with E-state index in [0.29, 0.717) is 16.9 Å². The third-order valence-corrected chi connectivity index (χ3v) is 2.92. The zero-order valence-corrected chi connectivity index (χ0v) is 10.2. The summed E-state index contributed by atoms with van der Waals surface area (Å²) in [5.74, 6) is -1.00. The molecular formula is C14H11N3O2. The van der Waals surface area contributed by atoms with Crippen molar-refractivity contribution >= 4 is 11.6 Å². The van der Waals surface area contributed by atoms with E-state index in [0.717, 1.165) is 5.56 Å². The van der Waals surface area contributed by atoms with Gasteiger partial charge >= 0.3 is 5.97 Å². The van der Waals surface area contributed by atoms with Crippen LogP contribution in [0.4, 0.5) is 0 Å². The van der Waals surface area contributed by atoms with Crippen LogP contribution >= 0.6 is 0 Å². The predicted molar refractivity (Wildman–Crippen MR) is 70.1 cm³/mol. The highest BCUT2D eigenvalue weighted by Crippen LogP contribution is 2.24. The van der Waals surface area contributed by atoms with Crippen LogP contribution in [0.2, 0.25) is 0 Å². The number of rotatable bonds is 2. The molecule has 0 bridgehead atoms. The van der Waals surface area contributed by atoms with E-state index >= 15 is 0 Å². The van der Waals surface area contributed by atoms with Crippen molar-refractivity contribution in [1.29, 1.82) is 0 Å². The molecule has 0 fully saturated rings. The molecule has 3 heterocycles. The Labute approximate surface area is 109 Å². The zero-order valence-electron chi connectivity index (χ0n) is 10.2. The van der Waals surface area contributed by atoms with Crippen LogP contribution in [0.1, 0.15) is 16.1 Å². The number of carboxylic acid groups (broad SMARTS) is 1. The third kappa shape index (κ3) is 1.85. The van der Waals surface area contributed by atoms with E-state index < -0.39 is 5.97 Å². The van der Waals surface area contributed by atoms with Gasteiger partial charge in [-0.1, -0.05) is 0 Å². The topological polar surface area (TPSA) is 67.5 Å². The molecule has 0 amide bonds. The van der Waals surface area contributed by atoms with E-state index in [-0.39, 0.29) is 5.69 Å². The number of aromatic nitrogens is 3. The first-order chi connectivity index (χ1) is 9.16. The molecule has 0 atom stereocenters. The standard InChI is InChI=1S/C14H11N3O2/c1-9-4-6-17-11(7-9)16-12(13(17)14(18)19)10-3-2-5-15-8-10/h2-8H,1H3,(H,18,19). The normalized spacial score (nSPS) is 10.8. The second-order valence-electron chi connectivity index (χ2n) is 4.29. The maximum absolute atomic E-state index is 11.5. The van der Waals surface area contributed by atoms with Gasteiger partial charge in [0.15, 0.2) is 5.69 Å². The van der Waals surface area contributed by atoms with Gasteiger partial charge in [-0.3, -0.25) is 9.38 Å². The average molecular weight is 253 g/mol. The lowest BCUT2D eigenvalue weighted by Gasteiger charge is -2.00. The summed E-state index contributed by atoms with van der Waals surface area (Å²) < 4.78 is 1.58. The molecule has 0 saturated carbocycles. The summed E-state index contributed by atoms with van der Waals surface area (Å²) in [4.78, 5) is 19.9. The molecular weight excluding hydrogens is 242 g/mol. The molecule has 19 heavy (non-hydrogen) atoms. The van der Waals surface area contributed by atoms with Crippen molar-refractivity contribution in [3.8, 4) is 11.3 Å². The Balaban J connectivity index is 2.35. The van der Waals surface area contributed by atoms with Crippen molar-refractivity contribution in [3.63, 3.8) is 0 Å². The molecule has 0 aliphatic heterocycles. The van der Waals surface area contributed by atoms with E-state index in [1.165, 1.54) is 0 Å². The lowest BCUT2D eigenvalue weighted by atomic mass is 10.2. The zero-order chi connectivity index (χ0) is 13.4. The Bertz CT molecular complexity index is 763. The Morgan fingerprint density at radius 1 is 1.37 bits per heavy atom. The summed E-state index contributed by atoms with van der Waals surface area (Å²) in [6.07, 6.45) is 4.98.